The quantitative estimate of drug-likeness (QED) is 0.813. The van der Waals surface area contributed by atoms with E-state index in [2.05, 4.69) is 20.7 Å². The molecular formula is C10H12BrNO3. The van der Waals surface area contributed by atoms with Crippen LogP contribution in [0.4, 0.5) is 0 Å². The molecule has 1 aromatic rings. The Morgan fingerprint density at radius 3 is 2.80 bits per heavy atom. The molecule has 3 N–H and O–H groups in total. The van der Waals surface area contributed by atoms with E-state index in [9.17, 15) is 4.79 Å². The number of aliphatic hydroxyl groups is 1. The second-order valence-electron chi connectivity index (χ2n) is 3.02. The molecule has 82 valence electrons. The van der Waals surface area contributed by atoms with Crippen LogP contribution in [0.2, 0.25) is 0 Å². The van der Waals surface area contributed by atoms with Crippen LogP contribution in [0.25, 0.3) is 0 Å². The van der Waals surface area contributed by atoms with E-state index in [0.717, 1.165) is 5.56 Å². The number of carbonyl (C=O) groups is 1. The maximum Gasteiger partial charge on any atom is 0.337 e. The van der Waals surface area contributed by atoms with E-state index in [1.807, 2.05) is 0 Å². The Bertz CT molecular complexity index is 368. The number of nitrogens with two attached hydrogens (primary N) is 1. The highest BCUT2D eigenvalue weighted by Crippen LogP contribution is 2.23. The topological polar surface area (TPSA) is 72.5 Å². The number of hydrogen-bond acceptors (Lipinski definition) is 4. The third kappa shape index (κ3) is 2.77. The van der Waals surface area contributed by atoms with Crippen molar-refractivity contribution in [3.63, 3.8) is 0 Å². The molecule has 15 heavy (non-hydrogen) atoms. The van der Waals surface area contributed by atoms with Gasteiger partial charge < -0.3 is 15.6 Å². The molecule has 0 saturated heterocycles. The lowest BCUT2D eigenvalue weighted by atomic mass is 10.1. The van der Waals surface area contributed by atoms with E-state index < -0.39 is 12.0 Å². The fourth-order valence-corrected chi connectivity index (χ4v) is 1.84. The summed E-state index contributed by atoms with van der Waals surface area (Å²) in [5, 5.41) is 8.90. The lowest BCUT2D eigenvalue weighted by Crippen LogP contribution is -2.15. The zero-order valence-corrected chi connectivity index (χ0v) is 9.82. The Labute approximate surface area is 96.2 Å². The number of ether oxygens (including phenoxy) is 1. The first-order valence-electron chi connectivity index (χ1n) is 4.34. The van der Waals surface area contributed by atoms with Gasteiger partial charge in [0.25, 0.3) is 0 Å². The molecule has 0 aliphatic carbocycles. The van der Waals surface area contributed by atoms with Gasteiger partial charge in [-0.05, 0) is 17.7 Å². The van der Waals surface area contributed by atoms with Crippen molar-refractivity contribution in [2.45, 2.75) is 6.04 Å². The molecule has 5 heteroatoms. The van der Waals surface area contributed by atoms with E-state index >= 15 is 0 Å². The number of carbonyl (C=O) groups excluding carboxylic acids is 1. The standard InChI is InChI=1S/C10H12BrNO3/c1-15-10(14)6-2-3-7(8(11)4-6)9(12)5-13/h2-4,9,13H,5,12H2,1H3/t9-/m1/s1. The van der Waals surface area contributed by atoms with Crippen LogP contribution in [0.3, 0.4) is 0 Å². The fourth-order valence-electron chi connectivity index (χ4n) is 1.17. The zero-order valence-electron chi connectivity index (χ0n) is 8.24. The van der Waals surface area contributed by atoms with Gasteiger partial charge in [0.1, 0.15) is 0 Å². The largest absolute Gasteiger partial charge is 0.465 e. The molecule has 4 nitrogen and oxygen atoms in total. The van der Waals surface area contributed by atoms with Crippen molar-refractivity contribution < 1.29 is 14.6 Å². The van der Waals surface area contributed by atoms with Crippen LogP contribution in [0, 0.1) is 0 Å². The van der Waals surface area contributed by atoms with Crippen LogP contribution in [0.15, 0.2) is 22.7 Å². The van der Waals surface area contributed by atoms with Crippen LogP contribution in [0.5, 0.6) is 0 Å². The van der Waals surface area contributed by atoms with Gasteiger partial charge in [-0.3, -0.25) is 0 Å². The third-order valence-electron chi connectivity index (χ3n) is 2.02. The first-order valence-corrected chi connectivity index (χ1v) is 5.13. The van der Waals surface area contributed by atoms with Crippen LogP contribution < -0.4 is 5.73 Å². The highest BCUT2D eigenvalue weighted by molar-refractivity contribution is 9.10. The van der Waals surface area contributed by atoms with Gasteiger partial charge in [0, 0.05) is 4.47 Å². The lowest BCUT2D eigenvalue weighted by Gasteiger charge is -2.11. The molecule has 0 heterocycles. The fraction of sp³-hybridized carbons (Fsp3) is 0.300. The number of benzene rings is 1. The molecule has 1 rings (SSSR count). The van der Waals surface area contributed by atoms with Gasteiger partial charge in [-0.1, -0.05) is 22.0 Å². The molecule has 0 saturated carbocycles. The van der Waals surface area contributed by atoms with Gasteiger partial charge in [0.15, 0.2) is 0 Å². The van der Waals surface area contributed by atoms with Gasteiger partial charge >= 0.3 is 5.97 Å². The van der Waals surface area contributed by atoms with E-state index in [4.69, 9.17) is 10.8 Å². The van der Waals surface area contributed by atoms with Gasteiger partial charge in [0.05, 0.1) is 25.3 Å². The summed E-state index contributed by atoms with van der Waals surface area (Å²) in [6.45, 7) is -0.143. The van der Waals surface area contributed by atoms with Crippen molar-refractivity contribution in [3.05, 3.63) is 33.8 Å². The summed E-state index contributed by atoms with van der Waals surface area (Å²) in [5.74, 6) is -0.403. The minimum absolute atomic E-state index is 0.143. The summed E-state index contributed by atoms with van der Waals surface area (Å²) in [4.78, 5) is 11.2. The lowest BCUT2D eigenvalue weighted by molar-refractivity contribution is 0.0600. The molecule has 1 atom stereocenters. The minimum Gasteiger partial charge on any atom is -0.465 e. The highest BCUT2D eigenvalue weighted by atomic mass is 79.9. The van der Waals surface area contributed by atoms with Crippen molar-refractivity contribution in [2.75, 3.05) is 13.7 Å². The highest BCUT2D eigenvalue weighted by Gasteiger charge is 2.12. The molecule has 0 aliphatic heterocycles. The van der Waals surface area contributed by atoms with E-state index in [0.29, 0.717) is 10.0 Å². The molecule has 0 radical (unpaired) electrons. The molecule has 0 bridgehead atoms. The van der Waals surface area contributed by atoms with E-state index in [-0.39, 0.29) is 6.61 Å². The van der Waals surface area contributed by atoms with Gasteiger partial charge in [-0.25, -0.2) is 4.79 Å². The molecule has 0 fully saturated rings. The molecule has 0 aliphatic rings. The van der Waals surface area contributed by atoms with Crippen molar-refractivity contribution in [3.8, 4) is 0 Å². The number of halogens is 1. The molecule has 0 amide bonds. The molecular weight excluding hydrogens is 262 g/mol. The Hall–Kier alpha value is -0.910. The molecule has 1 aromatic carbocycles. The van der Waals surface area contributed by atoms with Crippen LogP contribution >= 0.6 is 15.9 Å². The van der Waals surface area contributed by atoms with Crippen LogP contribution in [-0.4, -0.2) is 24.8 Å². The second-order valence-corrected chi connectivity index (χ2v) is 3.87. The number of rotatable bonds is 3. The second kappa shape index (κ2) is 5.25. The Morgan fingerprint density at radius 1 is 1.67 bits per heavy atom. The number of aliphatic hydroxyl groups excluding tert-OH is 1. The van der Waals surface area contributed by atoms with Crippen LogP contribution in [-0.2, 0) is 4.74 Å². The number of methoxy groups -OCH3 is 1. The van der Waals surface area contributed by atoms with Crippen molar-refractivity contribution in [1.82, 2.24) is 0 Å². The average Bonchev–Trinajstić information content (AvgIpc) is 2.26. The third-order valence-corrected chi connectivity index (χ3v) is 2.70. The van der Waals surface area contributed by atoms with Crippen molar-refractivity contribution in [2.24, 2.45) is 5.73 Å². The minimum atomic E-state index is -0.453. The monoisotopic (exact) mass is 273 g/mol. The Kier molecular flexibility index (Phi) is 4.26. The maximum atomic E-state index is 11.2. The zero-order chi connectivity index (χ0) is 11.4. The summed E-state index contributed by atoms with van der Waals surface area (Å²) in [7, 11) is 1.32. The Balaban J connectivity index is 3.03. The van der Waals surface area contributed by atoms with Crippen molar-refractivity contribution in [1.29, 1.82) is 0 Å². The molecule has 0 spiro atoms. The van der Waals surface area contributed by atoms with Gasteiger partial charge in [-0.15, -0.1) is 0 Å². The van der Waals surface area contributed by atoms with E-state index in [1.54, 1.807) is 18.2 Å². The first-order chi connectivity index (χ1) is 7.10. The molecule has 0 unspecified atom stereocenters. The predicted octanol–water partition coefficient (Wildman–Crippen LogP) is 1.23. The normalized spacial score (nSPS) is 12.3. The predicted molar refractivity (Wildman–Crippen MR) is 59.5 cm³/mol. The smallest absolute Gasteiger partial charge is 0.337 e. The van der Waals surface area contributed by atoms with Crippen LogP contribution in [0.1, 0.15) is 22.0 Å². The SMILES string of the molecule is COC(=O)c1ccc([C@H](N)CO)c(Br)c1. The number of hydrogen-bond donors (Lipinski definition) is 2. The summed E-state index contributed by atoms with van der Waals surface area (Å²) in [6, 6.07) is 4.47. The number of esters is 1. The molecule has 0 aromatic heterocycles. The Morgan fingerprint density at radius 2 is 2.33 bits per heavy atom. The summed E-state index contributed by atoms with van der Waals surface area (Å²) < 4.78 is 5.26. The summed E-state index contributed by atoms with van der Waals surface area (Å²) in [5.41, 5.74) is 6.86. The maximum absolute atomic E-state index is 11.2. The van der Waals surface area contributed by atoms with Crippen molar-refractivity contribution >= 4 is 21.9 Å². The van der Waals surface area contributed by atoms with E-state index in [1.165, 1.54) is 7.11 Å². The van der Waals surface area contributed by atoms with Gasteiger partial charge in [-0.2, -0.15) is 0 Å². The summed E-state index contributed by atoms with van der Waals surface area (Å²) >= 11 is 3.29. The first kappa shape index (κ1) is 12.2. The average molecular weight is 274 g/mol. The van der Waals surface area contributed by atoms with Gasteiger partial charge in [0.2, 0.25) is 0 Å². The summed E-state index contributed by atoms with van der Waals surface area (Å²) in [6.07, 6.45) is 0.